The van der Waals surface area contributed by atoms with E-state index in [0.29, 0.717) is 11.4 Å². The van der Waals surface area contributed by atoms with Gasteiger partial charge in [0.2, 0.25) is 0 Å². The number of fused-ring (bicyclic) bond motifs is 1. The molecular weight excluding hydrogens is 222 g/mol. The fourth-order valence-corrected chi connectivity index (χ4v) is 1.67. The quantitative estimate of drug-likeness (QED) is 0.557. The Hall–Kier alpha value is -1.63. The number of rotatable bonds is 3. The van der Waals surface area contributed by atoms with Crippen LogP contribution < -0.4 is 21.5 Å². The third kappa shape index (κ3) is 2.38. The molecule has 0 aliphatic carbocycles. The minimum absolute atomic E-state index is 0.0224. The van der Waals surface area contributed by atoms with Crippen molar-refractivity contribution in [2.75, 3.05) is 18.5 Å². The second-order valence-electron chi connectivity index (χ2n) is 3.96. The number of aliphatic hydroxyl groups excluding tert-OH is 1. The molecule has 17 heavy (non-hydrogen) atoms. The Labute approximate surface area is 98.5 Å². The molecule has 0 bridgehead atoms. The van der Waals surface area contributed by atoms with Gasteiger partial charge in [-0.15, -0.1) is 0 Å². The van der Waals surface area contributed by atoms with E-state index >= 15 is 0 Å². The zero-order chi connectivity index (χ0) is 12.4. The Kier molecular flexibility index (Phi) is 3.28. The van der Waals surface area contributed by atoms with Crippen LogP contribution in [0.5, 0.6) is 5.75 Å². The van der Waals surface area contributed by atoms with E-state index in [4.69, 9.17) is 21.3 Å². The van der Waals surface area contributed by atoms with Crippen molar-refractivity contribution in [3.8, 4) is 5.75 Å². The third-order valence-corrected chi connectivity index (χ3v) is 2.69. The highest BCUT2D eigenvalue weighted by atomic mass is 16.5. The molecule has 2 rings (SSSR count). The summed E-state index contributed by atoms with van der Waals surface area (Å²) in [6.45, 7) is -0.171. The van der Waals surface area contributed by atoms with Crippen molar-refractivity contribution in [1.82, 2.24) is 0 Å². The van der Waals surface area contributed by atoms with Crippen molar-refractivity contribution < 1.29 is 14.6 Å². The van der Waals surface area contributed by atoms with Gasteiger partial charge in [-0.2, -0.15) is 0 Å². The average molecular weight is 237 g/mol. The molecule has 0 aromatic heterocycles. The van der Waals surface area contributed by atoms with Gasteiger partial charge in [0.1, 0.15) is 5.75 Å². The summed E-state index contributed by atoms with van der Waals surface area (Å²) in [4.78, 5) is 11.2. The number of hydrogen-bond acceptors (Lipinski definition) is 5. The SMILES string of the molecule is NC(CO)C(N)c1ccc2c(c1)NC(=O)CO2. The van der Waals surface area contributed by atoms with Gasteiger partial charge in [0.25, 0.3) is 5.91 Å². The summed E-state index contributed by atoms with van der Waals surface area (Å²) in [5.41, 5.74) is 12.9. The van der Waals surface area contributed by atoms with Crippen molar-refractivity contribution in [2.24, 2.45) is 11.5 Å². The number of aliphatic hydroxyl groups is 1. The lowest BCUT2D eigenvalue weighted by molar-refractivity contribution is -0.118. The van der Waals surface area contributed by atoms with Crippen molar-refractivity contribution in [3.05, 3.63) is 23.8 Å². The summed E-state index contributed by atoms with van der Waals surface area (Å²) in [6.07, 6.45) is 0. The van der Waals surface area contributed by atoms with E-state index < -0.39 is 12.1 Å². The van der Waals surface area contributed by atoms with Crippen molar-refractivity contribution in [1.29, 1.82) is 0 Å². The highest BCUT2D eigenvalue weighted by Gasteiger charge is 2.20. The summed E-state index contributed by atoms with van der Waals surface area (Å²) in [5.74, 6) is 0.410. The highest BCUT2D eigenvalue weighted by Crippen LogP contribution is 2.30. The number of nitrogens with one attached hydrogen (secondary N) is 1. The summed E-state index contributed by atoms with van der Waals surface area (Å²) in [7, 11) is 0. The van der Waals surface area contributed by atoms with Crippen LogP contribution in [0.1, 0.15) is 11.6 Å². The monoisotopic (exact) mass is 237 g/mol. The molecule has 0 saturated heterocycles. The number of anilines is 1. The molecule has 1 aliphatic heterocycles. The van der Waals surface area contributed by atoms with Crippen molar-refractivity contribution in [2.45, 2.75) is 12.1 Å². The molecule has 1 amide bonds. The molecule has 0 saturated carbocycles. The van der Waals surface area contributed by atoms with Gasteiger partial charge in [-0.1, -0.05) is 6.07 Å². The number of carbonyl (C=O) groups is 1. The van der Waals surface area contributed by atoms with E-state index in [1.807, 2.05) is 0 Å². The van der Waals surface area contributed by atoms with Crippen molar-refractivity contribution >= 4 is 11.6 Å². The summed E-state index contributed by atoms with van der Waals surface area (Å²) >= 11 is 0. The standard InChI is InChI=1S/C11H15N3O3/c12-7(4-15)11(13)6-1-2-9-8(3-6)14-10(16)5-17-9/h1-3,7,11,15H,4-5,12-13H2,(H,14,16). The predicted octanol–water partition coefficient (Wildman–Crippen LogP) is -0.663. The average Bonchev–Trinajstić information content (AvgIpc) is 2.36. The first-order chi connectivity index (χ1) is 8.11. The Balaban J connectivity index is 2.26. The largest absolute Gasteiger partial charge is 0.482 e. The summed E-state index contributed by atoms with van der Waals surface area (Å²) in [6, 6.07) is 4.20. The molecule has 2 atom stereocenters. The molecule has 6 N–H and O–H groups in total. The van der Waals surface area contributed by atoms with E-state index in [0.717, 1.165) is 5.56 Å². The Morgan fingerprint density at radius 2 is 2.24 bits per heavy atom. The number of hydrogen-bond donors (Lipinski definition) is 4. The van der Waals surface area contributed by atoms with E-state index in [9.17, 15) is 4.79 Å². The Morgan fingerprint density at radius 3 is 2.94 bits per heavy atom. The van der Waals surface area contributed by atoms with Crippen LogP contribution in [0.2, 0.25) is 0 Å². The van der Waals surface area contributed by atoms with Gasteiger partial charge in [0, 0.05) is 12.1 Å². The molecule has 2 unspecified atom stereocenters. The number of amides is 1. The summed E-state index contributed by atoms with van der Waals surface area (Å²) in [5, 5.41) is 11.6. The lowest BCUT2D eigenvalue weighted by atomic mass is 10.0. The van der Waals surface area contributed by atoms with Crippen LogP contribution in [0.4, 0.5) is 5.69 Å². The van der Waals surface area contributed by atoms with Gasteiger partial charge in [-0.25, -0.2) is 0 Å². The Bertz CT molecular complexity index is 436. The molecule has 1 heterocycles. The molecule has 0 fully saturated rings. The number of carbonyl (C=O) groups excluding carboxylic acids is 1. The molecule has 6 nitrogen and oxygen atoms in total. The second kappa shape index (κ2) is 4.70. The van der Waals surface area contributed by atoms with E-state index in [1.165, 1.54) is 0 Å². The molecule has 1 aromatic carbocycles. The first kappa shape index (κ1) is 11.8. The van der Waals surface area contributed by atoms with Gasteiger partial charge in [-0.05, 0) is 17.7 Å². The van der Waals surface area contributed by atoms with Crippen LogP contribution in [0.15, 0.2) is 18.2 Å². The van der Waals surface area contributed by atoms with E-state index in [2.05, 4.69) is 5.32 Å². The van der Waals surface area contributed by atoms with Crippen molar-refractivity contribution in [3.63, 3.8) is 0 Å². The second-order valence-corrected chi connectivity index (χ2v) is 3.96. The van der Waals surface area contributed by atoms with Gasteiger partial charge < -0.3 is 26.6 Å². The smallest absolute Gasteiger partial charge is 0.262 e. The number of benzene rings is 1. The first-order valence-electron chi connectivity index (χ1n) is 5.30. The van der Waals surface area contributed by atoms with Gasteiger partial charge in [-0.3, -0.25) is 4.79 Å². The maximum atomic E-state index is 11.2. The van der Waals surface area contributed by atoms with Gasteiger partial charge in [0.15, 0.2) is 6.61 Å². The zero-order valence-corrected chi connectivity index (χ0v) is 9.22. The van der Waals surface area contributed by atoms with Crippen LogP contribution >= 0.6 is 0 Å². The van der Waals surface area contributed by atoms with Gasteiger partial charge in [0.05, 0.1) is 12.3 Å². The summed E-state index contributed by atoms with van der Waals surface area (Å²) < 4.78 is 5.22. The van der Waals surface area contributed by atoms with Crippen LogP contribution in [0, 0.1) is 0 Å². The predicted molar refractivity (Wildman–Crippen MR) is 62.6 cm³/mol. The highest BCUT2D eigenvalue weighted by molar-refractivity contribution is 5.95. The first-order valence-corrected chi connectivity index (χ1v) is 5.30. The fourth-order valence-electron chi connectivity index (χ4n) is 1.67. The van der Waals surface area contributed by atoms with E-state index in [1.54, 1.807) is 18.2 Å². The Morgan fingerprint density at radius 1 is 1.47 bits per heavy atom. The van der Waals surface area contributed by atoms with Gasteiger partial charge >= 0.3 is 0 Å². The maximum Gasteiger partial charge on any atom is 0.262 e. The minimum Gasteiger partial charge on any atom is -0.482 e. The van der Waals surface area contributed by atoms with Crippen LogP contribution in [0.3, 0.4) is 0 Å². The molecule has 0 spiro atoms. The topological polar surface area (TPSA) is 111 Å². The van der Waals surface area contributed by atoms with Crippen LogP contribution in [-0.4, -0.2) is 30.3 Å². The molecule has 1 aromatic rings. The zero-order valence-electron chi connectivity index (χ0n) is 9.22. The molecule has 6 heteroatoms. The van der Waals surface area contributed by atoms with Crippen LogP contribution in [-0.2, 0) is 4.79 Å². The minimum atomic E-state index is -0.534. The fraction of sp³-hybridized carbons (Fsp3) is 0.364. The number of ether oxygens (including phenoxy) is 1. The number of nitrogens with two attached hydrogens (primary N) is 2. The lowest BCUT2D eigenvalue weighted by Gasteiger charge is -2.22. The molecule has 0 radical (unpaired) electrons. The third-order valence-electron chi connectivity index (χ3n) is 2.69. The molecule has 92 valence electrons. The molecule has 1 aliphatic rings. The van der Waals surface area contributed by atoms with E-state index in [-0.39, 0.29) is 19.1 Å². The lowest BCUT2D eigenvalue weighted by Crippen LogP contribution is -2.37. The molecular formula is C11H15N3O3. The normalized spacial score (nSPS) is 17.7. The maximum absolute atomic E-state index is 11.2. The van der Waals surface area contributed by atoms with Crippen LogP contribution in [0.25, 0.3) is 0 Å².